The van der Waals surface area contributed by atoms with Crippen LogP contribution in [0.15, 0.2) is 4.79 Å². The summed E-state index contributed by atoms with van der Waals surface area (Å²) in [7, 11) is 1.62. The number of H-pyrrole nitrogens is 1. The first-order valence-electron chi connectivity index (χ1n) is 11.0. The lowest BCUT2D eigenvalue weighted by molar-refractivity contribution is -0.147. The Kier molecular flexibility index (Phi) is 8.59. The van der Waals surface area contributed by atoms with Crippen LogP contribution in [0.25, 0.3) is 10.2 Å². The number of hydrogen-bond donors (Lipinski definition) is 2. The number of aromatic nitrogens is 2. The van der Waals surface area contributed by atoms with Gasteiger partial charge in [0.05, 0.1) is 18.5 Å². The fraction of sp³-hybridized carbons (Fsp3) is 0.682. The summed E-state index contributed by atoms with van der Waals surface area (Å²) in [6.07, 6.45) is 3.27. The van der Waals surface area contributed by atoms with Gasteiger partial charge in [-0.25, -0.2) is 4.98 Å². The first-order valence-corrected chi connectivity index (χ1v) is 11.8. The lowest BCUT2D eigenvalue weighted by atomic mass is 9.89. The maximum absolute atomic E-state index is 12.8. The molecule has 8 nitrogen and oxygen atoms in total. The summed E-state index contributed by atoms with van der Waals surface area (Å²) in [4.78, 5) is 36.1. The van der Waals surface area contributed by atoms with E-state index in [0.29, 0.717) is 44.3 Å². The van der Waals surface area contributed by atoms with E-state index in [-0.39, 0.29) is 24.7 Å². The van der Waals surface area contributed by atoms with Gasteiger partial charge in [0.1, 0.15) is 23.4 Å². The molecule has 3 rings (SSSR count). The van der Waals surface area contributed by atoms with Crippen molar-refractivity contribution in [3.8, 4) is 0 Å². The number of aliphatic hydroxyl groups is 1. The van der Waals surface area contributed by atoms with Crippen LogP contribution in [0, 0.1) is 5.92 Å². The van der Waals surface area contributed by atoms with Gasteiger partial charge in [-0.05, 0) is 37.2 Å². The van der Waals surface area contributed by atoms with Crippen LogP contribution < -0.4 is 5.56 Å². The topological polar surface area (TPSA) is 105 Å². The predicted octanol–water partition coefficient (Wildman–Crippen LogP) is 2.26. The molecule has 0 saturated heterocycles. The van der Waals surface area contributed by atoms with Crippen molar-refractivity contribution in [1.82, 2.24) is 14.9 Å². The first-order chi connectivity index (χ1) is 14.9. The van der Waals surface area contributed by atoms with Gasteiger partial charge in [-0.15, -0.1) is 11.3 Å². The molecule has 0 amide bonds. The highest BCUT2D eigenvalue weighted by atomic mass is 32.1. The van der Waals surface area contributed by atoms with Crippen LogP contribution in [0.5, 0.6) is 0 Å². The average Bonchev–Trinajstić information content (AvgIpc) is 3.08. The van der Waals surface area contributed by atoms with Gasteiger partial charge < -0.3 is 19.6 Å². The molecule has 0 aliphatic heterocycles. The number of aromatic amines is 1. The smallest absolute Gasteiger partial charge is 0.305 e. The number of ether oxygens (including phenoxy) is 2. The van der Waals surface area contributed by atoms with Crippen molar-refractivity contribution in [2.45, 2.75) is 58.6 Å². The molecule has 2 aromatic rings. The van der Waals surface area contributed by atoms with Gasteiger partial charge in [-0.3, -0.25) is 14.5 Å². The molecule has 2 N–H and O–H groups in total. The minimum absolute atomic E-state index is 0.0544. The van der Waals surface area contributed by atoms with Crippen LogP contribution in [0.4, 0.5) is 0 Å². The van der Waals surface area contributed by atoms with Crippen molar-refractivity contribution in [1.29, 1.82) is 0 Å². The SMILES string of the molecule is CCCC(=O)OC[C@H](O)CN(CCOC)Cc1nc2sc3c(c2c(=O)[nH]1)CC[C@@H](C)C3. The van der Waals surface area contributed by atoms with Crippen LogP contribution in [-0.2, 0) is 33.7 Å². The summed E-state index contributed by atoms with van der Waals surface area (Å²) in [5, 5.41) is 11.1. The Bertz CT molecular complexity index is 941. The largest absolute Gasteiger partial charge is 0.463 e. The molecule has 0 radical (unpaired) electrons. The summed E-state index contributed by atoms with van der Waals surface area (Å²) < 4.78 is 10.3. The van der Waals surface area contributed by atoms with E-state index in [0.717, 1.165) is 29.5 Å². The van der Waals surface area contributed by atoms with Gasteiger partial charge in [-0.1, -0.05) is 13.8 Å². The number of nitrogens with one attached hydrogen (secondary N) is 1. The second-order valence-corrected chi connectivity index (χ2v) is 9.44. The van der Waals surface area contributed by atoms with Gasteiger partial charge in [0, 0.05) is 31.5 Å². The van der Waals surface area contributed by atoms with Crippen LogP contribution in [0.1, 0.15) is 49.4 Å². The quantitative estimate of drug-likeness (QED) is 0.505. The maximum atomic E-state index is 12.8. The van der Waals surface area contributed by atoms with E-state index in [1.165, 1.54) is 10.4 Å². The van der Waals surface area contributed by atoms with Gasteiger partial charge in [0.25, 0.3) is 5.56 Å². The molecule has 2 heterocycles. The number of aliphatic hydroxyl groups excluding tert-OH is 1. The number of hydrogen-bond acceptors (Lipinski definition) is 8. The normalized spacial score (nSPS) is 17.1. The van der Waals surface area contributed by atoms with Gasteiger partial charge in [0.2, 0.25) is 0 Å². The second kappa shape index (κ2) is 11.2. The standard InChI is InChI=1S/C22H33N3O5S/c1-4-5-19(27)30-13-15(26)11-25(8-9-29-3)12-18-23-21(28)20-16-7-6-14(2)10-17(16)31-22(20)24-18/h14-15,26H,4-13H2,1-3H3,(H,23,24,28)/t14-,15-/m1/s1. The highest BCUT2D eigenvalue weighted by Gasteiger charge is 2.23. The van der Waals surface area contributed by atoms with E-state index >= 15 is 0 Å². The van der Waals surface area contributed by atoms with E-state index < -0.39 is 6.10 Å². The van der Waals surface area contributed by atoms with Gasteiger partial charge in [-0.2, -0.15) is 0 Å². The molecule has 1 aliphatic carbocycles. The minimum atomic E-state index is -0.830. The Labute approximate surface area is 186 Å². The number of esters is 1. The minimum Gasteiger partial charge on any atom is -0.463 e. The van der Waals surface area contributed by atoms with Crippen molar-refractivity contribution < 1.29 is 19.4 Å². The Morgan fingerprint density at radius 1 is 1.45 bits per heavy atom. The number of rotatable bonds is 11. The lowest BCUT2D eigenvalue weighted by Gasteiger charge is -2.24. The van der Waals surface area contributed by atoms with Crippen LogP contribution in [0.2, 0.25) is 0 Å². The first kappa shape index (κ1) is 23.8. The lowest BCUT2D eigenvalue weighted by Crippen LogP contribution is -2.37. The molecule has 9 heteroatoms. The molecular weight excluding hydrogens is 418 g/mol. The fourth-order valence-corrected chi connectivity index (χ4v) is 5.35. The Balaban J connectivity index is 1.71. The molecule has 2 aromatic heterocycles. The Morgan fingerprint density at radius 3 is 3.00 bits per heavy atom. The van der Waals surface area contributed by atoms with Crippen molar-refractivity contribution in [3.63, 3.8) is 0 Å². The molecule has 0 fully saturated rings. The molecule has 0 unspecified atom stereocenters. The van der Waals surface area contributed by atoms with Crippen LogP contribution in [0.3, 0.4) is 0 Å². The molecule has 31 heavy (non-hydrogen) atoms. The third-order valence-corrected chi connectivity index (χ3v) is 6.71. The van der Waals surface area contributed by atoms with E-state index in [2.05, 4.69) is 11.9 Å². The molecular formula is C22H33N3O5S. The molecule has 0 bridgehead atoms. The van der Waals surface area contributed by atoms with Crippen molar-refractivity contribution in [2.24, 2.45) is 5.92 Å². The Morgan fingerprint density at radius 2 is 2.26 bits per heavy atom. The van der Waals surface area contributed by atoms with E-state index in [1.807, 2.05) is 11.8 Å². The monoisotopic (exact) mass is 451 g/mol. The van der Waals surface area contributed by atoms with Crippen LogP contribution >= 0.6 is 11.3 Å². The number of methoxy groups -OCH3 is 1. The molecule has 0 aromatic carbocycles. The fourth-order valence-electron chi connectivity index (χ4n) is 3.95. The Hall–Kier alpha value is -1.81. The van der Waals surface area contributed by atoms with Crippen molar-refractivity contribution >= 4 is 27.5 Å². The maximum Gasteiger partial charge on any atom is 0.305 e. The summed E-state index contributed by atoms with van der Waals surface area (Å²) in [5.41, 5.74) is 1.08. The van der Waals surface area contributed by atoms with Gasteiger partial charge >= 0.3 is 5.97 Å². The number of fused-ring (bicyclic) bond motifs is 3. The third-order valence-electron chi connectivity index (χ3n) is 5.56. The number of aryl methyl sites for hydroxylation is 1. The summed E-state index contributed by atoms with van der Waals surface area (Å²) in [6.45, 7) is 5.77. The van der Waals surface area contributed by atoms with Crippen molar-refractivity contribution in [2.75, 3.05) is 33.4 Å². The zero-order valence-corrected chi connectivity index (χ0v) is 19.4. The van der Waals surface area contributed by atoms with E-state index in [4.69, 9.17) is 14.5 Å². The summed E-state index contributed by atoms with van der Waals surface area (Å²) >= 11 is 1.63. The third kappa shape index (κ3) is 6.35. The number of nitrogens with zero attached hydrogens (tertiary/aromatic N) is 2. The van der Waals surface area contributed by atoms with Gasteiger partial charge in [0.15, 0.2) is 0 Å². The highest BCUT2D eigenvalue weighted by molar-refractivity contribution is 7.18. The van der Waals surface area contributed by atoms with E-state index in [1.54, 1.807) is 18.4 Å². The number of thiophene rings is 1. The molecule has 2 atom stereocenters. The molecule has 0 saturated carbocycles. The second-order valence-electron chi connectivity index (χ2n) is 8.36. The summed E-state index contributed by atoms with van der Waals surface area (Å²) in [6, 6.07) is 0. The molecule has 172 valence electrons. The average molecular weight is 452 g/mol. The van der Waals surface area contributed by atoms with Crippen LogP contribution in [-0.4, -0.2) is 65.5 Å². The number of carbonyl (C=O) groups is 1. The number of carbonyl (C=O) groups excluding carboxylic acids is 1. The molecule has 0 spiro atoms. The highest BCUT2D eigenvalue weighted by Crippen LogP contribution is 2.35. The zero-order chi connectivity index (χ0) is 22.4. The zero-order valence-electron chi connectivity index (χ0n) is 18.6. The molecule has 1 aliphatic rings. The summed E-state index contributed by atoms with van der Waals surface area (Å²) in [5.74, 6) is 0.893. The van der Waals surface area contributed by atoms with Crippen molar-refractivity contribution in [3.05, 3.63) is 26.6 Å². The predicted molar refractivity (Wildman–Crippen MR) is 120 cm³/mol. The van der Waals surface area contributed by atoms with E-state index in [9.17, 15) is 14.7 Å².